The summed E-state index contributed by atoms with van der Waals surface area (Å²) < 4.78 is 0. The predicted octanol–water partition coefficient (Wildman–Crippen LogP) is 0.630. The maximum Gasteiger partial charge on any atom is 0.0642 e. The zero-order chi connectivity index (χ0) is 10.4. The highest BCUT2D eigenvalue weighted by molar-refractivity contribution is 4.77. The van der Waals surface area contributed by atoms with Crippen LogP contribution in [0.2, 0.25) is 0 Å². The molecular formula is C10H22O3. The Hall–Kier alpha value is -0.120. The van der Waals surface area contributed by atoms with Crippen molar-refractivity contribution in [2.75, 3.05) is 13.2 Å². The number of aliphatic hydroxyl groups excluding tert-OH is 3. The fraction of sp³-hybridized carbons (Fsp3) is 1.00. The quantitative estimate of drug-likeness (QED) is 0.575. The molecule has 0 heterocycles. The molecule has 0 radical (unpaired) electrons. The van der Waals surface area contributed by atoms with Crippen molar-refractivity contribution in [3.63, 3.8) is 0 Å². The van der Waals surface area contributed by atoms with Crippen LogP contribution < -0.4 is 0 Å². The molecular weight excluding hydrogens is 168 g/mol. The number of rotatable bonds is 6. The Kier molecular flexibility index (Phi) is 6.29. The lowest BCUT2D eigenvalue weighted by molar-refractivity contribution is -0.0171. The third-order valence-corrected chi connectivity index (χ3v) is 2.75. The molecule has 3 heteroatoms. The van der Waals surface area contributed by atoms with Gasteiger partial charge in [0, 0.05) is 25.0 Å². The Morgan fingerprint density at radius 3 is 1.85 bits per heavy atom. The third-order valence-electron chi connectivity index (χ3n) is 2.75. The molecule has 3 N–H and O–H groups in total. The zero-order valence-corrected chi connectivity index (χ0v) is 8.77. The highest BCUT2D eigenvalue weighted by Crippen LogP contribution is 2.22. The normalized spacial score (nSPS) is 18.7. The van der Waals surface area contributed by atoms with Gasteiger partial charge in [0.25, 0.3) is 0 Å². The standard InChI is InChI=1S/C10H22O3/c1-4-8(5-11)10(13)9(6-12)7(2)3/h7-13H,4-6H2,1-3H3. The molecule has 3 unspecified atom stereocenters. The van der Waals surface area contributed by atoms with Crippen molar-refractivity contribution in [2.45, 2.75) is 33.3 Å². The van der Waals surface area contributed by atoms with Crippen molar-refractivity contribution in [1.29, 1.82) is 0 Å². The van der Waals surface area contributed by atoms with Crippen LogP contribution in [0.25, 0.3) is 0 Å². The molecule has 0 saturated carbocycles. The zero-order valence-electron chi connectivity index (χ0n) is 8.77. The first-order valence-corrected chi connectivity index (χ1v) is 4.98. The molecule has 0 aliphatic heterocycles. The second-order valence-corrected chi connectivity index (χ2v) is 3.93. The van der Waals surface area contributed by atoms with Gasteiger partial charge in [-0.3, -0.25) is 0 Å². The van der Waals surface area contributed by atoms with Crippen LogP contribution in [0.3, 0.4) is 0 Å². The fourth-order valence-corrected chi connectivity index (χ4v) is 1.54. The molecule has 13 heavy (non-hydrogen) atoms. The van der Waals surface area contributed by atoms with Crippen LogP contribution in [0.4, 0.5) is 0 Å². The van der Waals surface area contributed by atoms with Crippen molar-refractivity contribution in [2.24, 2.45) is 17.8 Å². The van der Waals surface area contributed by atoms with E-state index in [2.05, 4.69) is 0 Å². The lowest BCUT2D eigenvalue weighted by Gasteiger charge is -2.29. The van der Waals surface area contributed by atoms with Crippen LogP contribution in [0.15, 0.2) is 0 Å². The summed E-state index contributed by atoms with van der Waals surface area (Å²) in [4.78, 5) is 0. The lowest BCUT2D eigenvalue weighted by Crippen LogP contribution is -2.36. The molecule has 0 rings (SSSR count). The lowest BCUT2D eigenvalue weighted by atomic mass is 9.83. The van der Waals surface area contributed by atoms with E-state index in [0.717, 1.165) is 6.42 Å². The van der Waals surface area contributed by atoms with Crippen LogP contribution in [0, 0.1) is 17.8 Å². The first-order chi connectivity index (χ1) is 6.08. The minimum Gasteiger partial charge on any atom is -0.396 e. The van der Waals surface area contributed by atoms with Gasteiger partial charge in [0.1, 0.15) is 0 Å². The Bertz CT molecular complexity index is 121. The average molecular weight is 190 g/mol. The minimum atomic E-state index is -0.597. The van der Waals surface area contributed by atoms with Gasteiger partial charge in [0.2, 0.25) is 0 Å². The second kappa shape index (κ2) is 6.35. The summed E-state index contributed by atoms with van der Waals surface area (Å²) in [5.41, 5.74) is 0. The van der Waals surface area contributed by atoms with Crippen molar-refractivity contribution in [1.82, 2.24) is 0 Å². The van der Waals surface area contributed by atoms with E-state index in [1.54, 1.807) is 0 Å². The molecule has 0 aromatic rings. The highest BCUT2D eigenvalue weighted by atomic mass is 16.3. The molecule has 0 bridgehead atoms. The van der Waals surface area contributed by atoms with E-state index in [1.807, 2.05) is 20.8 Å². The van der Waals surface area contributed by atoms with Gasteiger partial charge in [-0.05, 0) is 12.3 Å². The maximum atomic E-state index is 9.82. The number of aliphatic hydroxyl groups is 3. The van der Waals surface area contributed by atoms with Gasteiger partial charge in [-0.25, -0.2) is 0 Å². The fourth-order valence-electron chi connectivity index (χ4n) is 1.54. The van der Waals surface area contributed by atoms with E-state index < -0.39 is 6.10 Å². The predicted molar refractivity (Wildman–Crippen MR) is 52.3 cm³/mol. The molecule has 3 atom stereocenters. The van der Waals surface area contributed by atoms with E-state index in [1.165, 1.54) is 0 Å². The average Bonchev–Trinajstić information content (AvgIpc) is 2.07. The van der Waals surface area contributed by atoms with Crippen molar-refractivity contribution >= 4 is 0 Å². The largest absolute Gasteiger partial charge is 0.396 e. The second-order valence-electron chi connectivity index (χ2n) is 3.93. The molecule has 0 aromatic carbocycles. The summed E-state index contributed by atoms with van der Waals surface area (Å²) in [6, 6.07) is 0. The van der Waals surface area contributed by atoms with Crippen molar-refractivity contribution < 1.29 is 15.3 Å². The van der Waals surface area contributed by atoms with Gasteiger partial charge in [-0.1, -0.05) is 20.8 Å². The van der Waals surface area contributed by atoms with Gasteiger partial charge >= 0.3 is 0 Å². The maximum absolute atomic E-state index is 9.82. The SMILES string of the molecule is CCC(CO)C(O)C(CO)C(C)C. The van der Waals surface area contributed by atoms with E-state index in [0.29, 0.717) is 0 Å². The van der Waals surface area contributed by atoms with Crippen LogP contribution in [0.5, 0.6) is 0 Å². The summed E-state index contributed by atoms with van der Waals surface area (Å²) in [5.74, 6) is -0.00255. The van der Waals surface area contributed by atoms with E-state index in [4.69, 9.17) is 10.2 Å². The molecule has 0 aromatic heterocycles. The molecule has 0 saturated heterocycles. The van der Waals surface area contributed by atoms with Gasteiger partial charge in [0.15, 0.2) is 0 Å². The van der Waals surface area contributed by atoms with Crippen LogP contribution >= 0.6 is 0 Å². The number of hydrogen-bond donors (Lipinski definition) is 3. The molecule has 80 valence electrons. The first kappa shape index (κ1) is 12.9. The summed E-state index contributed by atoms with van der Waals surface area (Å²) in [7, 11) is 0. The Labute approximate surface area is 80.4 Å². The smallest absolute Gasteiger partial charge is 0.0642 e. The highest BCUT2D eigenvalue weighted by Gasteiger charge is 2.27. The van der Waals surface area contributed by atoms with Crippen LogP contribution in [-0.4, -0.2) is 34.6 Å². The summed E-state index contributed by atoms with van der Waals surface area (Å²) in [6.45, 7) is 5.83. The van der Waals surface area contributed by atoms with Gasteiger partial charge in [-0.15, -0.1) is 0 Å². The molecule has 0 fully saturated rings. The summed E-state index contributed by atoms with van der Waals surface area (Å²) in [6.07, 6.45) is 0.140. The van der Waals surface area contributed by atoms with Crippen LogP contribution in [-0.2, 0) is 0 Å². The first-order valence-electron chi connectivity index (χ1n) is 4.98. The molecule has 3 nitrogen and oxygen atoms in total. The monoisotopic (exact) mass is 190 g/mol. The van der Waals surface area contributed by atoms with Crippen molar-refractivity contribution in [3.05, 3.63) is 0 Å². The van der Waals surface area contributed by atoms with Crippen molar-refractivity contribution in [3.8, 4) is 0 Å². The topological polar surface area (TPSA) is 60.7 Å². The molecule has 0 amide bonds. The Morgan fingerprint density at radius 2 is 1.62 bits per heavy atom. The molecule has 0 aliphatic rings. The number of hydrogen-bond acceptors (Lipinski definition) is 3. The Balaban J connectivity index is 4.24. The van der Waals surface area contributed by atoms with Crippen LogP contribution in [0.1, 0.15) is 27.2 Å². The van der Waals surface area contributed by atoms with E-state index in [-0.39, 0.29) is 31.0 Å². The van der Waals surface area contributed by atoms with Gasteiger partial charge in [0.05, 0.1) is 6.10 Å². The van der Waals surface area contributed by atoms with Gasteiger partial charge < -0.3 is 15.3 Å². The molecule has 0 spiro atoms. The Morgan fingerprint density at radius 1 is 1.08 bits per heavy atom. The minimum absolute atomic E-state index is 0.0130. The molecule has 0 aliphatic carbocycles. The summed E-state index contributed by atoms with van der Waals surface area (Å²) in [5, 5.41) is 27.9. The van der Waals surface area contributed by atoms with E-state index >= 15 is 0 Å². The van der Waals surface area contributed by atoms with E-state index in [9.17, 15) is 5.11 Å². The third kappa shape index (κ3) is 3.63. The summed E-state index contributed by atoms with van der Waals surface area (Å²) >= 11 is 0. The van der Waals surface area contributed by atoms with Gasteiger partial charge in [-0.2, -0.15) is 0 Å².